The van der Waals surface area contributed by atoms with Gasteiger partial charge in [-0.15, -0.1) is 0 Å². The minimum atomic E-state index is 0.265. The van der Waals surface area contributed by atoms with Gasteiger partial charge in [0, 0.05) is 10.8 Å². The summed E-state index contributed by atoms with van der Waals surface area (Å²) in [7, 11) is 0. The molecule has 0 bridgehead atoms. The van der Waals surface area contributed by atoms with E-state index in [0.29, 0.717) is 12.0 Å². The number of hydrogen-bond donors (Lipinski definition) is 1. The fraction of sp³-hybridized carbons (Fsp3) is 0.533. The molecule has 0 aromatic heterocycles. The molecule has 0 fully saturated rings. The van der Waals surface area contributed by atoms with Crippen LogP contribution >= 0.6 is 23.4 Å². The molecule has 2 unspecified atom stereocenters. The topological polar surface area (TPSA) is 24.4 Å². The van der Waals surface area contributed by atoms with Crippen LogP contribution in [0.25, 0.3) is 0 Å². The molecule has 2 nitrogen and oxygen atoms in total. The van der Waals surface area contributed by atoms with E-state index in [4.69, 9.17) is 16.6 Å². The van der Waals surface area contributed by atoms with Gasteiger partial charge < -0.3 is 5.32 Å². The van der Waals surface area contributed by atoms with Crippen molar-refractivity contribution in [2.75, 3.05) is 5.75 Å². The van der Waals surface area contributed by atoms with Gasteiger partial charge in [-0.25, -0.2) is 0 Å². The number of nitrogens with zero attached hydrogens (tertiary/aromatic N) is 1. The Balaban J connectivity index is 1.92. The first-order valence-electron chi connectivity index (χ1n) is 6.77. The van der Waals surface area contributed by atoms with Gasteiger partial charge in [-0.3, -0.25) is 4.99 Å². The molecule has 104 valence electrons. The molecule has 4 heteroatoms. The number of aliphatic imine (C=N–C) groups is 1. The van der Waals surface area contributed by atoms with Gasteiger partial charge in [0.1, 0.15) is 0 Å². The molecule has 0 aliphatic carbocycles. The molecule has 0 radical (unpaired) electrons. The lowest BCUT2D eigenvalue weighted by Gasteiger charge is -2.14. The average Bonchev–Trinajstić information content (AvgIpc) is 2.76. The number of halogens is 1. The first-order valence-corrected chi connectivity index (χ1v) is 8.13. The quantitative estimate of drug-likeness (QED) is 0.884. The molecule has 1 aromatic rings. The van der Waals surface area contributed by atoms with Gasteiger partial charge in [0.2, 0.25) is 0 Å². The Morgan fingerprint density at radius 2 is 2.00 bits per heavy atom. The molecule has 1 aliphatic heterocycles. The number of amidine groups is 1. The van der Waals surface area contributed by atoms with Gasteiger partial charge >= 0.3 is 0 Å². The first kappa shape index (κ1) is 14.7. The maximum atomic E-state index is 5.91. The van der Waals surface area contributed by atoms with Crippen molar-refractivity contribution in [1.29, 1.82) is 0 Å². The molecule has 1 N–H and O–H groups in total. The van der Waals surface area contributed by atoms with Crippen LogP contribution < -0.4 is 5.32 Å². The van der Waals surface area contributed by atoms with E-state index >= 15 is 0 Å². The van der Waals surface area contributed by atoms with Crippen molar-refractivity contribution in [3.05, 3.63) is 34.9 Å². The van der Waals surface area contributed by atoms with Crippen molar-refractivity contribution in [3.8, 4) is 0 Å². The van der Waals surface area contributed by atoms with Crippen LogP contribution in [0.15, 0.2) is 29.3 Å². The van der Waals surface area contributed by atoms with Crippen molar-refractivity contribution < 1.29 is 0 Å². The third kappa shape index (κ3) is 4.43. The summed E-state index contributed by atoms with van der Waals surface area (Å²) >= 11 is 7.74. The molecule has 2 atom stereocenters. The van der Waals surface area contributed by atoms with E-state index in [-0.39, 0.29) is 6.04 Å². The van der Waals surface area contributed by atoms with Crippen LogP contribution in [0.1, 0.15) is 38.8 Å². The summed E-state index contributed by atoms with van der Waals surface area (Å²) in [6.45, 7) is 6.66. The molecular formula is C15H21ClN2S. The zero-order valence-electron chi connectivity index (χ0n) is 11.7. The monoisotopic (exact) mass is 296 g/mol. The van der Waals surface area contributed by atoms with E-state index in [9.17, 15) is 0 Å². The second-order valence-electron chi connectivity index (χ2n) is 5.45. The van der Waals surface area contributed by atoms with Gasteiger partial charge in [0.15, 0.2) is 5.17 Å². The van der Waals surface area contributed by atoms with E-state index in [2.05, 4.69) is 38.2 Å². The van der Waals surface area contributed by atoms with E-state index in [1.165, 1.54) is 12.0 Å². The Bertz CT molecular complexity index is 442. The summed E-state index contributed by atoms with van der Waals surface area (Å²) in [4.78, 5) is 4.75. The average molecular weight is 297 g/mol. The molecule has 0 saturated heterocycles. The standard InChI is InChI=1S/C15H21ClN2S/c1-10(2)8-14-9-19-15(18-14)17-11(3)12-4-6-13(16)7-5-12/h4-7,10-11,14H,8-9H2,1-3H3,(H,17,18). The van der Waals surface area contributed by atoms with Gasteiger partial charge in [0.25, 0.3) is 0 Å². The zero-order chi connectivity index (χ0) is 13.8. The van der Waals surface area contributed by atoms with Crippen molar-refractivity contribution >= 4 is 28.5 Å². The van der Waals surface area contributed by atoms with Crippen LogP contribution in [0.5, 0.6) is 0 Å². The van der Waals surface area contributed by atoms with Crippen molar-refractivity contribution in [3.63, 3.8) is 0 Å². The second kappa shape index (κ2) is 6.67. The van der Waals surface area contributed by atoms with Crippen molar-refractivity contribution in [1.82, 2.24) is 5.32 Å². The summed E-state index contributed by atoms with van der Waals surface area (Å²) in [6.07, 6.45) is 1.17. The Morgan fingerprint density at radius 3 is 2.63 bits per heavy atom. The van der Waals surface area contributed by atoms with Gasteiger partial charge in [0.05, 0.1) is 12.1 Å². The molecule has 0 spiro atoms. The molecule has 2 rings (SSSR count). The Hall–Kier alpha value is -0.670. The van der Waals surface area contributed by atoms with Crippen molar-refractivity contribution in [2.45, 2.75) is 39.3 Å². The van der Waals surface area contributed by atoms with Crippen LogP contribution in [0.2, 0.25) is 5.02 Å². The lowest BCUT2D eigenvalue weighted by atomic mass is 10.1. The van der Waals surface area contributed by atoms with Crippen LogP contribution in [0.4, 0.5) is 0 Å². The smallest absolute Gasteiger partial charge is 0.157 e. The Labute approximate surface area is 125 Å². The molecular weight excluding hydrogens is 276 g/mol. The van der Waals surface area contributed by atoms with Crippen molar-refractivity contribution in [2.24, 2.45) is 10.9 Å². The Morgan fingerprint density at radius 1 is 1.32 bits per heavy atom. The normalized spacial score (nSPS) is 20.5. The SMILES string of the molecule is CC(C)CC1CSC(NC(C)c2ccc(Cl)cc2)=N1. The third-order valence-electron chi connectivity index (χ3n) is 3.17. The minimum Gasteiger partial charge on any atom is -0.358 e. The molecule has 0 saturated carbocycles. The van der Waals surface area contributed by atoms with E-state index in [1.807, 2.05) is 23.9 Å². The summed E-state index contributed by atoms with van der Waals surface area (Å²) in [6, 6.07) is 8.73. The fourth-order valence-electron chi connectivity index (χ4n) is 2.18. The maximum absolute atomic E-state index is 5.91. The fourth-order valence-corrected chi connectivity index (χ4v) is 3.35. The summed E-state index contributed by atoms with van der Waals surface area (Å²) in [5, 5.41) is 5.34. The van der Waals surface area contributed by atoms with Crippen LogP contribution in [0, 0.1) is 5.92 Å². The lowest BCUT2D eigenvalue weighted by molar-refractivity contribution is 0.528. The second-order valence-corrected chi connectivity index (χ2v) is 6.89. The zero-order valence-corrected chi connectivity index (χ0v) is 13.3. The highest BCUT2D eigenvalue weighted by Crippen LogP contribution is 2.24. The predicted octanol–water partition coefficient (Wildman–Crippen LogP) is 4.51. The van der Waals surface area contributed by atoms with Crippen LogP contribution in [-0.4, -0.2) is 17.0 Å². The molecule has 1 aliphatic rings. The van der Waals surface area contributed by atoms with E-state index in [0.717, 1.165) is 15.9 Å². The number of rotatable bonds is 4. The summed E-state index contributed by atoms with van der Waals surface area (Å²) in [5.74, 6) is 1.82. The molecule has 0 amide bonds. The third-order valence-corrected chi connectivity index (χ3v) is 4.47. The summed E-state index contributed by atoms with van der Waals surface area (Å²) in [5.41, 5.74) is 1.24. The molecule has 19 heavy (non-hydrogen) atoms. The number of hydrogen-bond acceptors (Lipinski definition) is 3. The predicted molar refractivity (Wildman–Crippen MR) is 86.1 cm³/mol. The maximum Gasteiger partial charge on any atom is 0.157 e. The number of nitrogens with one attached hydrogen (secondary N) is 1. The highest BCUT2D eigenvalue weighted by molar-refractivity contribution is 8.14. The van der Waals surface area contributed by atoms with Gasteiger partial charge in [-0.2, -0.15) is 0 Å². The molecule has 1 heterocycles. The van der Waals surface area contributed by atoms with Crippen LogP contribution in [0.3, 0.4) is 0 Å². The Kier molecular flexibility index (Phi) is 5.17. The minimum absolute atomic E-state index is 0.265. The van der Waals surface area contributed by atoms with E-state index < -0.39 is 0 Å². The number of thioether (sulfide) groups is 1. The van der Waals surface area contributed by atoms with Gasteiger partial charge in [-0.1, -0.05) is 49.3 Å². The summed E-state index contributed by atoms with van der Waals surface area (Å²) < 4.78 is 0. The number of benzene rings is 1. The van der Waals surface area contributed by atoms with Crippen LogP contribution in [-0.2, 0) is 0 Å². The van der Waals surface area contributed by atoms with Gasteiger partial charge in [-0.05, 0) is 37.0 Å². The highest BCUT2D eigenvalue weighted by atomic mass is 35.5. The highest BCUT2D eigenvalue weighted by Gasteiger charge is 2.20. The van der Waals surface area contributed by atoms with E-state index in [1.54, 1.807) is 0 Å². The first-order chi connectivity index (χ1) is 9.04. The largest absolute Gasteiger partial charge is 0.358 e. The molecule has 1 aromatic carbocycles. The lowest BCUT2D eigenvalue weighted by Crippen LogP contribution is -2.23.